The molecule has 28 heavy (non-hydrogen) atoms. The predicted molar refractivity (Wildman–Crippen MR) is 99.6 cm³/mol. The van der Waals surface area contributed by atoms with Gasteiger partial charge in [-0.25, -0.2) is 16.8 Å². The molecule has 0 saturated heterocycles. The minimum Gasteiger partial charge on any atom is -0.406 e. The van der Waals surface area contributed by atoms with Crippen molar-refractivity contribution in [1.82, 2.24) is 0 Å². The normalized spacial score (nSPS) is 12.1. The molecule has 0 radical (unpaired) electrons. The highest BCUT2D eigenvalue weighted by atomic mass is 35.7. The van der Waals surface area contributed by atoms with Crippen LogP contribution in [0.1, 0.15) is 18.9 Å². The zero-order valence-electron chi connectivity index (χ0n) is 14.3. The lowest BCUT2D eigenvalue weighted by Gasteiger charge is -2.08. The summed E-state index contributed by atoms with van der Waals surface area (Å²) in [6.45, 7) is 2.08. The third kappa shape index (κ3) is 9.13. The molecule has 2 aromatic carbocycles. The van der Waals surface area contributed by atoms with Crippen LogP contribution in [0.3, 0.4) is 0 Å². The Morgan fingerprint density at radius 3 is 1.54 bits per heavy atom. The van der Waals surface area contributed by atoms with Crippen LogP contribution in [0.5, 0.6) is 5.75 Å². The lowest BCUT2D eigenvalue weighted by Crippen LogP contribution is -2.17. The zero-order chi connectivity index (χ0) is 21.6. The van der Waals surface area contributed by atoms with E-state index in [1.54, 1.807) is 12.1 Å². The van der Waals surface area contributed by atoms with Gasteiger partial charge in [0.25, 0.3) is 18.1 Å². The number of alkyl halides is 3. The van der Waals surface area contributed by atoms with Crippen LogP contribution in [0.2, 0.25) is 0 Å². The van der Waals surface area contributed by atoms with E-state index >= 15 is 0 Å². The molecule has 156 valence electrons. The Kier molecular flexibility index (Phi) is 8.61. The molecule has 0 aliphatic heterocycles. The Morgan fingerprint density at radius 2 is 1.21 bits per heavy atom. The standard InChI is InChI=1S/C9H11ClO2S.C7H4ClF3O3S/c1-2-3-8-4-6-9(7-5-8)13(10,11)12;8-15(12,13)6-3-1-5(2-4-6)14-7(9,10)11/h4-7H,2-3H2,1H3;1-4H. The number of benzene rings is 2. The van der Waals surface area contributed by atoms with Gasteiger partial charge in [0.2, 0.25) is 0 Å². The van der Waals surface area contributed by atoms with E-state index in [1.807, 2.05) is 0 Å². The smallest absolute Gasteiger partial charge is 0.406 e. The minimum absolute atomic E-state index is 0.161. The predicted octanol–water partition coefficient (Wildman–Crippen LogP) is 5.08. The van der Waals surface area contributed by atoms with Crippen LogP contribution in [-0.4, -0.2) is 23.2 Å². The summed E-state index contributed by atoms with van der Waals surface area (Å²) in [4.78, 5) is -0.132. The molecule has 0 N–H and O–H groups in total. The molecule has 0 aromatic heterocycles. The topological polar surface area (TPSA) is 77.5 Å². The molecule has 0 saturated carbocycles. The van der Waals surface area contributed by atoms with E-state index in [-0.39, 0.29) is 9.79 Å². The van der Waals surface area contributed by atoms with Crippen LogP contribution in [-0.2, 0) is 24.5 Å². The largest absolute Gasteiger partial charge is 0.573 e. The number of aryl methyl sites for hydroxylation is 1. The van der Waals surface area contributed by atoms with Crippen molar-refractivity contribution >= 4 is 39.5 Å². The van der Waals surface area contributed by atoms with E-state index in [0.29, 0.717) is 0 Å². The first kappa shape index (κ1) is 24.5. The summed E-state index contributed by atoms with van der Waals surface area (Å²) in [7, 11) is 2.62. The SMILES string of the molecule is CCCc1ccc(S(=O)(=O)Cl)cc1.O=S(=O)(Cl)c1ccc(OC(F)(F)F)cc1. The van der Waals surface area contributed by atoms with E-state index < -0.39 is 30.2 Å². The van der Waals surface area contributed by atoms with Crippen LogP contribution in [0.15, 0.2) is 58.3 Å². The van der Waals surface area contributed by atoms with Crippen LogP contribution in [0.25, 0.3) is 0 Å². The second kappa shape index (κ2) is 9.82. The third-order valence-corrected chi connectivity index (χ3v) is 5.82. The fraction of sp³-hybridized carbons (Fsp3) is 0.250. The lowest BCUT2D eigenvalue weighted by molar-refractivity contribution is -0.274. The molecule has 0 aliphatic rings. The molecular weight excluding hydrogens is 464 g/mol. The van der Waals surface area contributed by atoms with Gasteiger partial charge >= 0.3 is 6.36 Å². The quantitative estimate of drug-likeness (QED) is 0.559. The number of hydrogen-bond donors (Lipinski definition) is 0. The molecule has 2 aromatic rings. The lowest BCUT2D eigenvalue weighted by atomic mass is 10.1. The first-order valence-corrected chi connectivity index (χ1v) is 12.2. The molecule has 0 spiro atoms. The number of ether oxygens (including phenoxy) is 1. The Hall–Kier alpha value is -1.49. The van der Waals surface area contributed by atoms with Gasteiger partial charge < -0.3 is 4.74 Å². The van der Waals surface area contributed by atoms with Gasteiger partial charge in [0, 0.05) is 21.4 Å². The van der Waals surface area contributed by atoms with Gasteiger partial charge in [-0.2, -0.15) is 0 Å². The Labute approximate surface area is 169 Å². The van der Waals surface area contributed by atoms with Gasteiger partial charge in [0.05, 0.1) is 9.79 Å². The second-order valence-corrected chi connectivity index (χ2v) is 10.4. The summed E-state index contributed by atoms with van der Waals surface area (Å²) in [6, 6.07) is 10.2. The van der Waals surface area contributed by atoms with Crippen LogP contribution in [0, 0.1) is 0 Å². The second-order valence-electron chi connectivity index (χ2n) is 5.29. The molecule has 0 amide bonds. The average Bonchev–Trinajstić information content (AvgIpc) is 2.53. The highest BCUT2D eigenvalue weighted by molar-refractivity contribution is 8.14. The van der Waals surface area contributed by atoms with Crippen molar-refractivity contribution in [2.75, 3.05) is 0 Å². The van der Waals surface area contributed by atoms with E-state index in [0.717, 1.165) is 42.7 Å². The van der Waals surface area contributed by atoms with Crippen molar-refractivity contribution < 1.29 is 34.7 Å². The fourth-order valence-corrected chi connectivity index (χ4v) is 3.45. The van der Waals surface area contributed by atoms with Crippen molar-refractivity contribution in [2.24, 2.45) is 0 Å². The van der Waals surface area contributed by atoms with Crippen LogP contribution >= 0.6 is 21.4 Å². The maximum Gasteiger partial charge on any atom is 0.573 e. The zero-order valence-corrected chi connectivity index (χ0v) is 17.4. The fourth-order valence-electron chi connectivity index (χ4n) is 1.91. The molecule has 0 bridgehead atoms. The summed E-state index contributed by atoms with van der Waals surface area (Å²) in [5.41, 5.74) is 1.13. The number of halogens is 5. The monoisotopic (exact) mass is 478 g/mol. The highest BCUT2D eigenvalue weighted by Crippen LogP contribution is 2.24. The van der Waals surface area contributed by atoms with Crippen LogP contribution in [0.4, 0.5) is 13.2 Å². The van der Waals surface area contributed by atoms with E-state index in [2.05, 4.69) is 11.7 Å². The van der Waals surface area contributed by atoms with E-state index in [1.165, 1.54) is 12.1 Å². The van der Waals surface area contributed by atoms with Gasteiger partial charge in [0.1, 0.15) is 5.75 Å². The summed E-state index contributed by atoms with van der Waals surface area (Å²) in [5, 5.41) is 0. The first-order chi connectivity index (χ1) is 12.7. The molecular formula is C16H15Cl2F3O5S2. The summed E-state index contributed by atoms with van der Waals surface area (Å²) in [5.74, 6) is -0.508. The molecule has 5 nitrogen and oxygen atoms in total. The van der Waals surface area contributed by atoms with Gasteiger partial charge in [-0.05, 0) is 48.4 Å². The number of hydrogen-bond acceptors (Lipinski definition) is 5. The minimum atomic E-state index is -4.80. The van der Waals surface area contributed by atoms with Gasteiger partial charge in [-0.15, -0.1) is 13.2 Å². The molecule has 2 rings (SSSR count). The highest BCUT2D eigenvalue weighted by Gasteiger charge is 2.31. The van der Waals surface area contributed by atoms with Crippen molar-refractivity contribution in [3.8, 4) is 5.75 Å². The Balaban J connectivity index is 0.000000283. The summed E-state index contributed by atoms with van der Waals surface area (Å²) >= 11 is 0. The molecule has 0 fully saturated rings. The number of rotatable bonds is 5. The first-order valence-electron chi connectivity index (χ1n) is 7.56. The molecule has 0 aliphatic carbocycles. The van der Waals surface area contributed by atoms with Gasteiger partial charge in [-0.1, -0.05) is 25.5 Å². The van der Waals surface area contributed by atoms with E-state index in [9.17, 15) is 30.0 Å². The van der Waals surface area contributed by atoms with E-state index in [4.69, 9.17) is 21.4 Å². The molecule has 0 heterocycles. The summed E-state index contributed by atoms with van der Waals surface area (Å²) < 4.78 is 81.9. The summed E-state index contributed by atoms with van der Waals surface area (Å²) in [6.07, 6.45) is -2.79. The van der Waals surface area contributed by atoms with Crippen molar-refractivity contribution in [1.29, 1.82) is 0 Å². The van der Waals surface area contributed by atoms with Crippen LogP contribution < -0.4 is 4.74 Å². The molecule has 12 heteroatoms. The molecule has 0 atom stereocenters. The van der Waals surface area contributed by atoms with Crippen molar-refractivity contribution in [3.63, 3.8) is 0 Å². The van der Waals surface area contributed by atoms with Gasteiger partial charge in [0.15, 0.2) is 0 Å². The third-order valence-electron chi connectivity index (χ3n) is 3.08. The maximum atomic E-state index is 11.7. The van der Waals surface area contributed by atoms with Gasteiger partial charge in [-0.3, -0.25) is 0 Å². The average molecular weight is 479 g/mol. The van der Waals surface area contributed by atoms with Crippen molar-refractivity contribution in [2.45, 2.75) is 35.9 Å². The molecule has 0 unspecified atom stereocenters. The Morgan fingerprint density at radius 1 is 0.821 bits per heavy atom. The maximum absolute atomic E-state index is 11.7. The Bertz CT molecular complexity index is 972. The van der Waals surface area contributed by atoms with Crippen molar-refractivity contribution in [3.05, 3.63) is 54.1 Å².